The summed E-state index contributed by atoms with van der Waals surface area (Å²) < 4.78 is 0. The van der Waals surface area contributed by atoms with Crippen LogP contribution < -0.4 is 10.7 Å². The average Bonchev–Trinajstić information content (AvgIpc) is 2.38. The first-order valence-corrected chi connectivity index (χ1v) is 5.79. The molecule has 2 N–H and O–H groups in total. The Morgan fingerprint density at radius 1 is 1.30 bits per heavy atom. The summed E-state index contributed by atoms with van der Waals surface area (Å²) in [5, 5.41) is 16.7. The number of hydrazone groups is 1. The standard InChI is InChI=1S/C12H14N4O4/c1-8(2)14-11(17)12(18)15-13-7-9-5-3-4-6-10(9)16(19)20/h3-8H,1-2H3,(H,14,17)(H,15,18)/b13-7-. The molecule has 106 valence electrons. The summed E-state index contributed by atoms with van der Waals surface area (Å²) in [7, 11) is 0. The SMILES string of the molecule is CC(C)NC(=O)C(=O)N/N=C\c1ccccc1[N+](=O)[O-]. The Morgan fingerprint density at radius 3 is 2.55 bits per heavy atom. The minimum Gasteiger partial charge on any atom is -0.346 e. The van der Waals surface area contributed by atoms with Crippen molar-refractivity contribution in [2.75, 3.05) is 0 Å². The number of amides is 2. The van der Waals surface area contributed by atoms with Crippen LogP contribution in [0.25, 0.3) is 0 Å². The number of carbonyl (C=O) groups excluding carboxylic acids is 2. The number of hydrogen-bond acceptors (Lipinski definition) is 5. The maximum absolute atomic E-state index is 11.3. The molecule has 0 spiro atoms. The highest BCUT2D eigenvalue weighted by atomic mass is 16.6. The molecule has 0 unspecified atom stereocenters. The van der Waals surface area contributed by atoms with Crippen LogP contribution in [0.5, 0.6) is 0 Å². The van der Waals surface area contributed by atoms with Gasteiger partial charge in [0.15, 0.2) is 0 Å². The molecule has 0 aliphatic heterocycles. The molecular formula is C12H14N4O4. The van der Waals surface area contributed by atoms with Crippen molar-refractivity contribution < 1.29 is 14.5 Å². The molecule has 0 fully saturated rings. The molecule has 0 bridgehead atoms. The van der Waals surface area contributed by atoms with Gasteiger partial charge < -0.3 is 5.32 Å². The summed E-state index contributed by atoms with van der Waals surface area (Å²) in [4.78, 5) is 32.8. The molecule has 0 saturated carbocycles. The highest BCUT2D eigenvalue weighted by Crippen LogP contribution is 2.14. The Morgan fingerprint density at radius 2 is 1.95 bits per heavy atom. The number of nitro groups is 1. The van der Waals surface area contributed by atoms with Crippen LogP contribution in [-0.2, 0) is 9.59 Å². The maximum atomic E-state index is 11.3. The first kappa shape index (κ1) is 15.3. The van der Waals surface area contributed by atoms with E-state index >= 15 is 0 Å². The largest absolute Gasteiger partial charge is 0.346 e. The molecule has 1 aromatic carbocycles. The van der Waals surface area contributed by atoms with Crippen molar-refractivity contribution >= 4 is 23.7 Å². The van der Waals surface area contributed by atoms with E-state index in [4.69, 9.17) is 0 Å². The first-order valence-electron chi connectivity index (χ1n) is 5.79. The number of hydrogen-bond donors (Lipinski definition) is 2. The van der Waals surface area contributed by atoms with E-state index in [0.29, 0.717) is 0 Å². The fourth-order valence-electron chi connectivity index (χ4n) is 1.30. The predicted octanol–water partition coefficient (Wildman–Crippen LogP) is 0.569. The van der Waals surface area contributed by atoms with Gasteiger partial charge >= 0.3 is 11.8 Å². The molecule has 20 heavy (non-hydrogen) atoms. The Balaban J connectivity index is 2.68. The second kappa shape index (κ2) is 6.98. The van der Waals surface area contributed by atoms with Crippen LogP contribution in [-0.4, -0.2) is 29.0 Å². The van der Waals surface area contributed by atoms with Gasteiger partial charge in [0.05, 0.1) is 16.7 Å². The van der Waals surface area contributed by atoms with E-state index in [1.807, 2.05) is 5.43 Å². The Labute approximate surface area is 115 Å². The Kier molecular flexibility index (Phi) is 5.33. The smallest absolute Gasteiger partial charge is 0.329 e. The number of nitrogens with one attached hydrogen (secondary N) is 2. The Bertz CT molecular complexity index is 554. The normalized spacial score (nSPS) is 10.6. The second-order valence-corrected chi connectivity index (χ2v) is 4.14. The summed E-state index contributed by atoms with van der Waals surface area (Å²) in [6.45, 7) is 3.42. The lowest BCUT2D eigenvalue weighted by atomic mass is 10.2. The third-order valence-corrected chi connectivity index (χ3v) is 2.13. The van der Waals surface area contributed by atoms with E-state index in [-0.39, 0.29) is 17.3 Å². The topological polar surface area (TPSA) is 114 Å². The molecule has 1 aromatic rings. The van der Waals surface area contributed by atoms with Crippen molar-refractivity contribution in [3.8, 4) is 0 Å². The second-order valence-electron chi connectivity index (χ2n) is 4.14. The van der Waals surface area contributed by atoms with Crippen LogP contribution >= 0.6 is 0 Å². The van der Waals surface area contributed by atoms with E-state index in [1.165, 1.54) is 18.2 Å². The molecule has 0 radical (unpaired) electrons. The highest BCUT2D eigenvalue weighted by Gasteiger charge is 2.14. The van der Waals surface area contributed by atoms with Crippen molar-refractivity contribution in [2.45, 2.75) is 19.9 Å². The van der Waals surface area contributed by atoms with Crippen LogP contribution in [0.1, 0.15) is 19.4 Å². The van der Waals surface area contributed by atoms with Crippen LogP contribution in [0.3, 0.4) is 0 Å². The molecule has 0 atom stereocenters. The van der Waals surface area contributed by atoms with Crippen LogP contribution in [0.2, 0.25) is 0 Å². The maximum Gasteiger partial charge on any atom is 0.329 e. The number of nitro benzene ring substituents is 1. The quantitative estimate of drug-likeness (QED) is 0.362. The predicted molar refractivity (Wildman–Crippen MR) is 72.1 cm³/mol. The van der Waals surface area contributed by atoms with Gasteiger partial charge in [-0.05, 0) is 19.9 Å². The summed E-state index contributed by atoms with van der Waals surface area (Å²) in [5.41, 5.74) is 2.08. The van der Waals surface area contributed by atoms with Gasteiger partial charge in [-0.25, -0.2) is 5.43 Å². The van der Waals surface area contributed by atoms with Gasteiger partial charge in [0.25, 0.3) is 5.69 Å². The van der Waals surface area contributed by atoms with Crippen molar-refractivity contribution in [3.63, 3.8) is 0 Å². The lowest BCUT2D eigenvalue weighted by Crippen LogP contribution is -2.41. The third-order valence-electron chi connectivity index (χ3n) is 2.13. The summed E-state index contributed by atoms with van der Waals surface area (Å²) >= 11 is 0. The molecule has 0 aliphatic rings. The van der Waals surface area contributed by atoms with E-state index in [2.05, 4.69) is 10.4 Å². The molecular weight excluding hydrogens is 264 g/mol. The number of nitrogens with zero attached hydrogens (tertiary/aromatic N) is 2. The number of para-hydroxylation sites is 1. The first-order chi connectivity index (χ1) is 9.41. The lowest BCUT2D eigenvalue weighted by molar-refractivity contribution is -0.385. The molecule has 0 heterocycles. The molecule has 1 rings (SSSR count). The minimum atomic E-state index is -0.937. The molecule has 0 aliphatic carbocycles. The van der Waals surface area contributed by atoms with Gasteiger partial charge in [-0.2, -0.15) is 5.10 Å². The van der Waals surface area contributed by atoms with Crippen molar-refractivity contribution in [1.29, 1.82) is 0 Å². The van der Waals surface area contributed by atoms with Crippen LogP contribution in [0, 0.1) is 10.1 Å². The van der Waals surface area contributed by atoms with E-state index in [0.717, 1.165) is 6.21 Å². The molecule has 0 aromatic heterocycles. The third kappa shape index (κ3) is 4.48. The number of rotatable bonds is 4. The fourth-order valence-corrected chi connectivity index (χ4v) is 1.30. The van der Waals surface area contributed by atoms with Gasteiger partial charge in [0.2, 0.25) is 0 Å². The monoisotopic (exact) mass is 278 g/mol. The van der Waals surface area contributed by atoms with Gasteiger partial charge in [0.1, 0.15) is 0 Å². The van der Waals surface area contributed by atoms with Crippen molar-refractivity contribution in [1.82, 2.24) is 10.7 Å². The summed E-state index contributed by atoms with van der Waals surface area (Å²) in [6.07, 6.45) is 1.11. The fraction of sp³-hybridized carbons (Fsp3) is 0.250. The number of carbonyl (C=O) groups is 2. The van der Waals surface area contributed by atoms with Crippen molar-refractivity contribution in [3.05, 3.63) is 39.9 Å². The van der Waals surface area contributed by atoms with Gasteiger partial charge in [0, 0.05) is 12.1 Å². The van der Waals surface area contributed by atoms with Gasteiger partial charge in [-0.15, -0.1) is 0 Å². The van der Waals surface area contributed by atoms with E-state index < -0.39 is 16.7 Å². The minimum absolute atomic E-state index is 0.142. The Hall–Kier alpha value is -2.77. The highest BCUT2D eigenvalue weighted by molar-refractivity contribution is 6.35. The zero-order chi connectivity index (χ0) is 15.1. The lowest BCUT2D eigenvalue weighted by Gasteiger charge is -2.05. The summed E-state index contributed by atoms with van der Waals surface area (Å²) in [6, 6.07) is 5.73. The summed E-state index contributed by atoms with van der Waals surface area (Å²) in [5.74, 6) is -1.76. The van der Waals surface area contributed by atoms with Crippen molar-refractivity contribution in [2.24, 2.45) is 5.10 Å². The molecule has 0 saturated heterocycles. The number of benzene rings is 1. The van der Waals surface area contributed by atoms with E-state index in [1.54, 1.807) is 19.9 Å². The van der Waals surface area contributed by atoms with Crippen LogP contribution in [0.4, 0.5) is 5.69 Å². The zero-order valence-electron chi connectivity index (χ0n) is 11.0. The van der Waals surface area contributed by atoms with Crippen LogP contribution in [0.15, 0.2) is 29.4 Å². The van der Waals surface area contributed by atoms with Gasteiger partial charge in [-0.1, -0.05) is 12.1 Å². The molecule has 8 nitrogen and oxygen atoms in total. The molecule has 2 amide bonds. The van der Waals surface area contributed by atoms with E-state index in [9.17, 15) is 19.7 Å². The average molecular weight is 278 g/mol. The van der Waals surface area contributed by atoms with Gasteiger partial charge in [-0.3, -0.25) is 19.7 Å². The molecule has 8 heteroatoms. The zero-order valence-corrected chi connectivity index (χ0v) is 11.0.